The van der Waals surface area contributed by atoms with Gasteiger partial charge >= 0.3 is 0 Å². The minimum Gasteiger partial charge on any atom is -0.496 e. The van der Waals surface area contributed by atoms with E-state index in [1.54, 1.807) is 7.11 Å². The number of amides is 1. The van der Waals surface area contributed by atoms with E-state index in [0.717, 1.165) is 42.8 Å². The molecule has 1 aromatic rings. The predicted molar refractivity (Wildman–Crippen MR) is 96.8 cm³/mol. The van der Waals surface area contributed by atoms with Crippen molar-refractivity contribution in [2.75, 3.05) is 33.3 Å². The molecule has 2 aliphatic rings. The summed E-state index contributed by atoms with van der Waals surface area (Å²) in [5.74, 6) is 1.35. The first-order valence-corrected chi connectivity index (χ1v) is 9.31. The van der Waals surface area contributed by atoms with E-state index in [9.17, 15) is 4.79 Å². The lowest BCUT2D eigenvalue weighted by Gasteiger charge is -2.36. The number of hydrogen-bond acceptors (Lipinski definition) is 3. The second-order valence-electron chi connectivity index (χ2n) is 7.38. The minimum atomic E-state index is 0.142. The molecule has 0 spiro atoms. The highest BCUT2D eigenvalue weighted by molar-refractivity contribution is 5.94. The molecule has 4 nitrogen and oxygen atoms in total. The van der Waals surface area contributed by atoms with Crippen LogP contribution >= 0.6 is 0 Å². The average molecular weight is 330 g/mol. The molecule has 2 heterocycles. The van der Waals surface area contributed by atoms with Crippen molar-refractivity contribution in [3.63, 3.8) is 0 Å². The Hall–Kier alpha value is -1.55. The maximum atomic E-state index is 12.8. The third kappa shape index (κ3) is 3.59. The van der Waals surface area contributed by atoms with Crippen molar-refractivity contribution in [3.05, 3.63) is 29.3 Å². The first-order valence-electron chi connectivity index (χ1n) is 9.31. The van der Waals surface area contributed by atoms with Crippen LogP contribution in [-0.4, -0.2) is 55.0 Å². The van der Waals surface area contributed by atoms with Crippen molar-refractivity contribution < 1.29 is 9.53 Å². The number of ether oxygens (including phenoxy) is 1. The van der Waals surface area contributed by atoms with E-state index in [1.807, 2.05) is 23.1 Å². The van der Waals surface area contributed by atoms with Crippen LogP contribution in [0.25, 0.3) is 0 Å². The summed E-state index contributed by atoms with van der Waals surface area (Å²) in [6, 6.07) is 6.57. The van der Waals surface area contributed by atoms with Crippen molar-refractivity contribution in [1.29, 1.82) is 0 Å². The average Bonchev–Trinajstić information content (AvgIpc) is 3.15. The van der Waals surface area contributed by atoms with Gasteiger partial charge in [-0.1, -0.05) is 19.9 Å². The fraction of sp³-hybridized carbons (Fsp3) is 0.650. The highest BCUT2D eigenvalue weighted by Crippen LogP contribution is 2.28. The Bertz CT molecular complexity index is 571. The first-order chi connectivity index (χ1) is 11.6. The molecule has 132 valence electrons. The van der Waals surface area contributed by atoms with Crippen molar-refractivity contribution in [2.45, 2.75) is 51.5 Å². The van der Waals surface area contributed by atoms with E-state index in [4.69, 9.17) is 4.74 Å². The molecule has 0 saturated carbocycles. The summed E-state index contributed by atoms with van der Waals surface area (Å²) in [5, 5.41) is 0. The van der Waals surface area contributed by atoms with Crippen LogP contribution in [0.2, 0.25) is 0 Å². The van der Waals surface area contributed by atoms with Gasteiger partial charge in [-0.25, -0.2) is 0 Å². The van der Waals surface area contributed by atoms with Gasteiger partial charge in [0.1, 0.15) is 5.75 Å². The van der Waals surface area contributed by atoms with Crippen molar-refractivity contribution >= 4 is 5.91 Å². The van der Waals surface area contributed by atoms with Gasteiger partial charge in [0.15, 0.2) is 0 Å². The molecule has 0 bridgehead atoms. The Labute approximate surface area is 145 Å². The Morgan fingerprint density at radius 3 is 2.38 bits per heavy atom. The third-order valence-electron chi connectivity index (χ3n) is 5.51. The number of benzene rings is 1. The fourth-order valence-electron chi connectivity index (χ4n) is 4.04. The number of hydrogen-bond donors (Lipinski definition) is 0. The maximum Gasteiger partial charge on any atom is 0.253 e. The summed E-state index contributed by atoms with van der Waals surface area (Å²) in [6.45, 7) is 8.51. The largest absolute Gasteiger partial charge is 0.496 e. The van der Waals surface area contributed by atoms with Crippen LogP contribution in [0.1, 0.15) is 61.4 Å². The Balaban J connectivity index is 1.64. The molecule has 0 unspecified atom stereocenters. The van der Waals surface area contributed by atoms with Crippen molar-refractivity contribution in [2.24, 2.45) is 0 Å². The van der Waals surface area contributed by atoms with E-state index in [0.29, 0.717) is 12.0 Å². The quantitative estimate of drug-likeness (QED) is 0.847. The molecule has 4 heteroatoms. The molecule has 0 aliphatic carbocycles. The van der Waals surface area contributed by atoms with Gasteiger partial charge in [0, 0.05) is 24.7 Å². The minimum absolute atomic E-state index is 0.142. The van der Waals surface area contributed by atoms with Gasteiger partial charge in [0.25, 0.3) is 5.91 Å². The zero-order valence-corrected chi connectivity index (χ0v) is 15.3. The Morgan fingerprint density at radius 2 is 1.79 bits per heavy atom. The van der Waals surface area contributed by atoms with Gasteiger partial charge in [-0.2, -0.15) is 0 Å². The topological polar surface area (TPSA) is 32.8 Å². The van der Waals surface area contributed by atoms with Crippen LogP contribution in [0.3, 0.4) is 0 Å². The molecule has 0 radical (unpaired) electrons. The molecule has 0 aromatic heterocycles. The van der Waals surface area contributed by atoms with Gasteiger partial charge < -0.3 is 14.5 Å². The number of piperidine rings is 1. The summed E-state index contributed by atoms with van der Waals surface area (Å²) >= 11 is 0. The smallest absolute Gasteiger partial charge is 0.253 e. The molecule has 2 aliphatic heterocycles. The van der Waals surface area contributed by atoms with Crippen LogP contribution in [0.15, 0.2) is 18.2 Å². The summed E-state index contributed by atoms with van der Waals surface area (Å²) in [5.41, 5.74) is 1.90. The SMILES string of the molecule is COc1cc(C(=O)N2CCC(N3CCCC3)CC2)ccc1C(C)C. The highest BCUT2D eigenvalue weighted by atomic mass is 16.5. The van der Waals surface area contributed by atoms with Gasteiger partial charge in [-0.05, 0) is 62.4 Å². The zero-order valence-electron chi connectivity index (χ0n) is 15.3. The fourth-order valence-corrected chi connectivity index (χ4v) is 4.04. The van der Waals surface area contributed by atoms with E-state index >= 15 is 0 Å². The van der Waals surface area contributed by atoms with Crippen LogP contribution in [-0.2, 0) is 0 Å². The maximum absolute atomic E-state index is 12.8. The highest BCUT2D eigenvalue weighted by Gasteiger charge is 2.28. The number of carbonyl (C=O) groups is 1. The van der Waals surface area contributed by atoms with Crippen LogP contribution in [0, 0.1) is 0 Å². The zero-order chi connectivity index (χ0) is 17.1. The Kier molecular flexibility index (Phi) is 5.44. The van der Waals surface area contributed by atoms with Crippen LogP contribution in [0.4, 0.5) is 0 Å². The molecule has 3 rings (SSSR count). The van der Waals surface area contributed by atoms with E-state index in [2.05, 4.69) is 18.7 Å². The standard InChI is InChI=1S/C20H30N2O2/c1-15(2)18-7-6-16(14-19(18)24-3)20(23)22-12-8-17(9-13-22)21-10-4-5-11-21/h6-7,14-15,17H,4-5,8-13H2,1-3H3. The number of carbonyl (C=O) groups excluding carboxylic acids is 1. The van der Waals surface area contributed by atoms with E-state index < -0.39 is 0 Å². The van der Waals surface area contributed by atoms with Crippen LogP contribution in [0.5, 0.6) is 5.75 Å². The molecule has 1 amide bonds. The van der Waals surface area contributed by atoms with E-state index in [1.165, 1.54) is 25.9 Å². The monoisotopic (exact) mass is 330 g/mol. The van der Waals surface area contributed by atoms with Gasteiger partial charge in [-0.3, -0.25) is 4.79 Å². The van der Waals surface area contributed by atoms with Crippen molar-refractivity contribution in [3.8, 4) is 5.75 Å². The molecule has 2 fully saturated rings. The van der Waals surface area contributed by atoms with E-state index in [-0.39, 0.29) is 5.91 Å². The molecule has 1 aromatic carbocycles. The number of nitrogens with zero attached hydrogens (tertiary/aromatic N) is 2. The lowest BCUT2D eigenvalue weighted by atomic mass is 9.99. The third-order valence-corrected chi connectivity index (χ3v) is 5.51. The van der Waals surface area contributed by atoms with Gasteiger partial charge in [-0.15, -0.1) is 0 Å². The molecular formula is C20H30N2O2. The number of rotatable bonds is 4. The predicted octanol–water partition coefficient (Wildman–Crippen LogP) is 3.52. The summed E-state index contributed by atoms with van der Waals surface area (Å²) in [4.78, 5) is 17.5. The normalized spacial score (nSPS) is 19.9. The number of likely N-dealkylation sites (tertiary alicyclic amines) is 2. The molecule has 24 heavy (non-hydrogen) atoms. The second-order valence-corrected chi connectivity index (χ2v) is 7.38. The Morgan fingerprint density at radius 1 is 1.12 bits per heavy atom. The molecular weight excluding hydrogens is 300 g/mol. The van der Waals surface area contributed by atoms with Crippen molar-refractivity contribution in [1.82, 2.24) is 9.80 Å². The summed E-state index contributed by atoms with van der Waals surface area (Å²) in [6.07, 6.45) is 4.88. The van der Waals surface area contributed by atoms with Gasteiger partial charge in [0.05, 0.1) is 7.11 Å². The lowest BCUT2D eigenvalue weighted by Crippen LogP contribution is -2.45. The first kappa shape index (κ1) is 17.3. The van der Waals surface area contributed by atoms with Gasteiger partial charge in [0.2, 0.25) is 0 Å². The molecule has 0 N–H and O–H groups in total. The summed E-state index contributed by atoms with van der Waals surface area (Å²) < 4.78 is 5.49. The number of methoxy groups -OCH3 is 1. The second kappa shape index (κ2) is 7.56. The lowest BCUT2D eigenvalue weighted by molar-refractivity contribution is 0.0644. The summed E-state index contributed by atoms with van der Waals surface area (Å²) in [7, 11) is 1.68. The molecule has 2 saturated heterocycles. The van der Waals surface area contributed by atoms with Crippen LogP contribution < -0.4 is 4.74 Å². The molecule has 0 atom stereocenters.